The maximum absolute atomic E-state index is 13.6. The Kier molecular flexibility index (Phi) is 7.05. The van der Waals surface area contributed by atoms with E-state index >= 15 is 0 Å². The van der Waals surface area contributed by atoms with Gasteiger partial charge in [0.2, 0.25) is 0 Å². The van der Waals surface area contributed by atoms with E-state index in [1.807, 2.05) is 19.1 Å². The number of nitrogens with one attached hydrogen (secondary N) is 2. The van der Waals surface area contributed by atoms with Gasteiger partial charge < -0.3 is 20.3 Å². The number of aromatic nitrogens is 1. The number of halogens is 1. The summed E-state index contributed by atoms with van der Waals surface area (Å²) in [5, 5.41) is 16.4. The second kappa shape index (κ2) is 10.7. The fourth-order valence-corrected chi connectivity index (χ4v) is 6.69. The molecule has 0 radical (unpaired) electrons. The highest BCUT2D eigenvalue weighted by Crippen LogP contribution is 2.49. The van der Waals surface area contributed by atoms with Crippen LogP contribution in [0.25, 0.3) is 10.2 Å². The molecule has 4 amide bonds. The number of nitriles is 1. The highest BCUT2D eigenvalue weighted by atomic mass is 35.5. The highest BCUT2D eigenvalue weighted by molar-refractivity contribution is 7.21. The second-order valence-corrected chi connectivity index (χ2v) is 11.8. The van der Waals surface area contributed by atoms with Crippen LogP contribution in [0.3, 0.4) is 0 Å². The van der Waals surface area contributed by atoms with Gasteiger partial charge >= 0.3 is 6.03 Å². The Labute approximate surface area is 245 Å². The number of allylic oxidation sites excluding steroid dienone is 1. The number of urea groups is 1. The van der Waals surface area contributed by atoms with E-state index < -0.39 is 6.03 Å². The summed E-state index contributed by atoms with van der Waals surface area (Å²) in [6.45, 7) is 2.71. The number of carbonyl (C=O) groups excluding carboxylic acids is 3. The molecule has 0 spiro atoms. The van der Waals surface area contributed by atoms with E-state index in [2.05, 4.69) is 15.6 Å². The third kappa shape index (κ3) is 4.87. The molecule has 4 heterocycles. The minimum atomic E-state index is -0.482. The van der Waals surface area contributed by atoms with Crippen molar-refractivity contribution >= 4 is 68.1 Å². The Hall–Kier alpha value is -4.14. The van der Waals surface area contributed by atoms with Crippen LogP contribution in [0.4, 0.5) is 21.9 Å². The van der Waals surface area contributed by atoms with Gasteiger partial charge in [-0.2, -0.15) is 5.26 Å². The molecule has 3 aliphatic rings. The van der Waals surface area contributed by atoms with Gasteiger partial charge in [0.15, 0.2) is 0 Å². The maximum Gasteiger partial charge on any atom is 0.331 e. The zero-order valence-electron chi connectivity index (χ0n) is 22.5. The molecule has 0 unspecified atom stereocenters. The molecule has 41 heavy (non-hydrogen) atoms. The Morgan fingerprint density at radius 3 is 2.83 bits per heavy atom. The summed E-state index contributed by atoms with van der Waals surface area (Å²) >= 11 is 7.75. The SMILES string of the molecule is COc1c(C)ccc(Cl)c1N1C(=O)Nc2c(C(=O)N[C@@H]3CCCN(C(=O)/C(C#N)=C/C4CC4)C3)sc3nccc1c23. The number of pyridine rings is 1. The predicted molar refractivity (Wildman–Crippen MR) is 157 cm³/mol. The summed E-state index contributed by atoms with van der Waals surface area (Å²) in [6.07, 6.45) is 6.76. The zero-order chi connectivity index (χ0) is 28.8. The van der Waals surface area contributed by atoms with Crippen molar-refractivity contribution in [3.05, 3.63) is 51.5 Å². The Balaban J connectivity index is 1.29. The summed E-state index contributed by atoms with van der Waals surface area (Å²) in [7, 11) is 1.52. The highest BCUT2D eigenvalue weighted by Gasteiger charge is 2.36. The number of anilines is 3. The van der Waals surface area contributed by atoms with E-state index in [9.17, 15) is 19.6 Å². The van der Waals surface area contributed by atoms with Gasteiger partial charge in [0.1, 0.15) is 32.8 Å². The first-order valence-electron chi connectivity index (χ1n) is 13.4. The van der Waals surface area contributed by atoms with Crippen LogP contribution in [0.5, 0.6) is 5.75 Å². The number of hydrogen-bond donors (Lipinski definition) is 2. The number of ether oxygens (including phenoxy) is 1. The van der Waals surface area contributed by atoms with E-state index in [0.29, 0.717) is 74.8 Å². The van der Waals surface area contributed by atoms with Gasteiger partial charge in [-0.15, -0.1) is 11.3 Å². The van der Waals surface area contributed by atoms with Crippen LogP contribution in [0.15, 0.2) is 36.0 Å². The number of aryl methyl sites for hydroxylation is 1. The number of thiophene rings is 1. The van der Waals surface area contributed by atoms with Gasteiger partial charge in [0, 0.05) is 25.3 Å². The van der Waals surface area contributed by atoms with E-state index in [0.717, 1.165) is 18.4 Å². The topological polar surface area (TPSA) is 128 Å². The average molecular weight is 591 g/mol. The van der Waals surface area contributed by atoms with Crippen LogP contribution in [-0.4, -0.2) is 54.0 Å². The number of rotatable bonds is 6. The second-order valence-electron chi connectivity index (χ2n) is 10.4. The molecule has 6 rings (SSSR count). The fraction of sp³-hybridized carbons (Fsp3) is 0.345. The third-order valence-corrected chi connectivity index (χ3v) is 8.98. The van der Waals surface area contributed by atoms with Crippen molar-refractivity contribution in [2.45, 2.75) is 38.6 Å². The van der Waals surface area contributed by atoms with Crippen LogP contribution >= 0.6 is 22.9 Å². The Bertz CT molecular complexity index is 1670. The molecule has 0 bridgehead atoms. The first-order valence-corrected chi connectivity index (χ1v) is 14.6. The molecule has 1 atom stereocenters. The minimum absolute atomic E-state index is 0.171. The molecule has 2 fully saturated rings. The Morgan fingerprint density at radius 2 is 2.10 bits per heavy atom. The number of hydrogen-bond acceptors (Lipinski definition) is 7. The average Bonchev–Trinajstić information content (AvgIpc) is 3.72. The monoisotopic (exact) mass is 590 g/mol. The summed E-state index contributed by atoms with van der Waals surface area (Å²) in [5.74, 6) is 0.132. The number of likely N-dealkylation sites (tertiary alicyclic amines) is 1. The molecule has 1 saturated heterocycles. The van der Waals surface area contributed by atoms with Crippen molar-refractivity contribution in [3.63, 3.8) is 0 Å². The van der Waals surface area contributed by atoms with Crippen LogP contribution < -0.4 is 20.3 Å². The summed E-state index contributed by atoms with van der Waals surface area (Å²) in [4.78, 5) is 48.6. The quantitative estimate of drug-likeness (QED) is 0.287. The van der Waals surface area contributed by atoms with E-state index in [1.54, 1.807) is 29.3 Å². The lowest BCUT2D eigenvalue weighted by molar-refractivity contribution is -0.128. The summed E-state index contributed by atoms with van der Waals surface area (Å²) < 4.78 is 5.61. The maximum atomic E-state index is 13.6. The first kappa shape index (κ1) is 27.1. The van der Waals surface area contributed by atoms with Gasteiger partial charge in [0.25, 0.3) is 11.8 Å². The molecule has 1 saturated carbocycles. The number of piperidine rings is 1. The molecule has 210 valence electrons. The van der Waals surface area contributed by atoms with Crippen molar-refractivity contribution in [2.75, 3.05) is 30.4 Å². The lowest BCUT2D eigenvalue weighted by Gasteiger charge is -2.33. The number of methoxy groups -OCH3 is 1. The van der Waals surface area contributed by atoms with Gasteiger partial charge in [-0.25, -0.2) is 9.78 Å². The third-order valence-electron chi connectivity index (χ3n) is 7.58. The van der Waals surface area contributed by atoms with E-state index in [4.69, 9.17) is 16.3 Å². The summed E-state index contributed by atoms with van der Waals surface area (Å²) in [5.41, 5.74) is 2.31. The number of carbonyl (C=O) groups is 3. The van der Waals surface area contributed by atoms with Crippen molar-refractivity contribution < 1.29 is 19.1 Å². The molecular weight excluding hydrogens is 564 g/mol. The molecule has 3 aromatic rings. The zero-order valence-corrected chi connectivity index (χ0v) is 24.1. The van der Waals surface area contributed by atoms with Crippen molar-refractivity contribution in [3.8, 4) is 11.8 Å². The lowest BCUT2D eigenvalue weighted by atomic mass is 10.0. The number of benzene rings is 1. The first-order chi connectivity index (χ1) is 19.8. The normalized spacial score (nSPS) is 18.6. The van der Waals surface area contributed by atoms with Crippen LogP contribution in [-0.2, 0) is 4.79 Å². The molecule has 2 aromatic heterocycles. The molecule has 10 nitrogen and oxygen atoms in total. The van der Waals surface area contributed by atoms with Gasteiger partial charge in [0.05, 0.1) is 28.9 Å². The van der Waals surface area contributed by atoms with Crippen molar-refractivity contribution in [1.29, 1.82) is 5.26 Å². The smallest absolute Gasteiger partial charge is 0.331 e. The molecule has 1 aromatic carbocycles. The van der Waals surface area contributed by atoms with Crippen LogP contribution in [0.1, 0.15) is 40.9 Å². The molecule has 2 aliphatic heterocycles. The molecule has 2 N–H and O–H groups in total. The Morgan fingerprint density at radius 1 is 1.29 bits per heavy atom. The van der Waals surface area contributed by atoms with Crippen LogP contribution in [0, 0.1) is 24.2 Å². The van der Waals surface area contributed by atoms with E-state index in [-0.39, 0.29) is 23.4 Å². The predicted octanol–water partition coefficient (Wildman–Crippen LogP) is 5.53. The number of amides is 4. The summed E-state index contributed by atoms with van der Waals surface area (Å²) in [6, 6.07) is 6.51. The largest absolute Gasteiger partial charge is 0.494 e. The lowest BCUT2D eigenvalue weighted by Crippen LogP contribution is -2.50. The standard InChI is InChI=1S/C29H27ClN6O4S/c1-15-5-8-19(30)23(24(15)40-2)36-20-9-10-32-27-21(20)22(34-29(36)39)25(41-27)26(37)33-18-4-3-11-35(14-18)28(38)17(13-31)12-16-6-7-16/h5,8-10,12,16,18H,3-4,6-7,11,14H2,1-2H3,(H,33,37)(H,34,39)/b17-12+/t18-/m1/s1. The van der Waals surface area contributed by atoms with Crippen molar-refractivity contribution in [2.24, 2.45) is 5.92 Å². The molecular formula is C29H27ClN6O4S. The fourth-order valence-electron chi connectivity index (χ4n) is 5.44. The van der Waals surface area contributed by atoms with Crippen molar-refractivity contribution in [1.82, 2.24) is 15.2 Å². The molecule has 1 aliphatic carbocycles. The minimum Gasteiger partial charge on any atom is -0.494 e. The molecule has 12 heteroatoms. The van der Waals surface area contributed by atoms with Gasteiger partial charge in [-0.3, -0.25) is 14.5 Å². The van der Waals surface area contributed by atoms with Gasteiger partial charge in [-0.1, -0.05) is 23.7 Å². The van der Waals surface area contributed by atoms with Gasteiger partial charge in [-0.05, 0) is 56.2 Å². The van der Waals surface area contributed by atoms with Crippen LogP contribution in [0.2, 0.25) is 5.02 Å². The van der Waals surface area contributed by atoms with E-state index in [1.165, 1.54) is 23.3 Å². The number of nitrogens with zero attached hydrogens (tertiary/aromatic N) is 4.